The summed E-state index contributed by atoms with van der Waals surface area (Å²) in [6, 6.07) is 11.9. The van der Waals surface area contributed by atoms with E-state index >= 15 is 0 Å². The first-order chi connectivity index (χ1) is 13.5. The zero-order chi connectivity index (χ0) is 20.4. The lowest BCUT2D eigenvalue weighted by atomic mass is 10.1. The predicted molar refractivity (Wildman–Crippen MR) is 111 cm³/mol. The number of nitrogens with one attached hydrogen (secondary N) is 1. The maximum Gasteiger partial charge on any atom is 0.248 e. The number of methoxy groups -OCH3 is 1. The quantitative estimate of drug-likeness (QED) is 0.480. The Kier molecular flexibility index (Phi) is 8.09. The van der Waals surface area contributed by atoms with Crippen molar-refractivity contribution < 1.29 is 19.1 Å². The van der Waals surface area contributed by atoms with Gasteiger partial charge in [0.05, 0.1) is 13.7 Å². The molecule has 0 radical (unpaired) electrons. The van der Waals surface area contributed by atoms with Crippen LogP contribution < -0.4 is 20.5 Å². The maximum absolute atomic E-state index is 12.1. The topological polar surface area (TPSA) is 90.6 Å². The number of amides is 2. The molecule has 3 N–H and O–H groups in total. The zero-order valence-corrected chi connectivity index (χ0v) is 16.2. The molecule has 28 heavy (non-hydrogen) atoms. The van der Waals surface area contributed by atoms with Crippen LogP contribution in [-0.2, 0) is 4.79 Å². The van der Waals surface area contributed by atoms with Gasteiger partial charge in [0.15, 0.2) is 11.5 Å². The van der Waals surface area contributed by atoms with Crippen molar-refractivity contribution in [2.45, 2.75) is 26.2 Å². The van der Waals surface area contributed by atoms with Crippen molar-refractivity contribution in [3.63, 3.8) is 0 Å². The summed E-state index contributed by atoms with van der Waals surface area (Å²) in [6.07, 6.45) is 6.39. The van der Waals surface area contributed by atoms with Crippen LogP contribution in [0, 0.1) is 0 Å². The average molecular weight is 382 g/mol. The van der Waals surface area contributed by atoms with Gasteiger partial charge in [0, 0.05) is 17.3 Å². The third-order valence-corrected chi connectivity index (χ3v) is 4.06. The zero-order valence-electron chi connectivity index (χ0n) is 16.2. The van der Waals surface area contributed by atoms with Crippen molar-refractivity contribution in [3.05, 3.63) is 59.7 Å². The molecule has 0 atom stereocenters. The van der Waals surface area contributed by atoms with Crippen molar-refractivity contribution >= 4 is 23.6 Å². The van der Waals surface area contributed by atoms with Gasteiger partial charge in [-0.25, -0.2) is 0 Å². The van der Waals surface area contributed by atoms with Gasteiger partial charge in [0.25, 0.3) is 0 Å². The maximum atomic E-state index is 12.1. The number of ether oxygens (including phenoxy) is 2. The van der Waals surface area contributed by atoms with E-state index in [-0.39, 0.29) is 5.91 Å². The van der Waals surface area contributed by atoms with Crippen LogP contribution in [0.1, 0.15) is 42.1 Å². The van der Waals surface area contributed by atoms with E-state index in [0.29, 0.717) is 29.4 Å². The van der Waals surface area contributed by atoms with E-state index in [4.69, 9.17) is 15.2 Å². The molecule has 0 fully saturated rings. The summed E-state index contributed by atoms with van der Waals surface area (Å²) in [7, 11) is 1.59. The first kappa shape index (κ1) is 21.0. The standard InChI is InChI=1S/C22H26N2O4/c1-3-4-5-14-28-19-12-6-16(15-20(19)27-2)7-13-21(25)24-18-10-8-17(9-11-18)22(23)26/h6-13,15H,3-5,14H2,1-2H3,(H2,23,26)(H,24,25). The van der Waals surface area contributed by atoms with Gasteiger partial charge in [-0.05, 0) is 54.5 Å². The molecule has 0 saturated heterocycles. The Hall–Kier alpha value is -3.28. The molecular formula is C22H26N2O4. The van der Waals surface area contributed by atoms with E-state index in [9.17, 15) is 9.59 Å². The van der Waals surface area contributed by atoms with Gasteiger partial charge in [-0.15, -0.1) is 0 Å². The minimum absolute atomic E-state index is 0.286. The smallest absolute Gasteiger partial charge is 0.248 e. The molecule has 2 aromatic carbocycles. The number of hydrogen-bond acceptors (Lipinski definition) is 4. The lowest BCUT2D eigenvalue weighted by Gasteiger charge is -2.11. The average Bonchev–Trinajstić information content (AvgIpc) is 2.70. The fraction of sp³-hybridized carbons (Fsp3) is 0.273. The highest BCUT2D eigenvalue weighted by molar-refractivity contribution is 6.02. The number of carbonyl (C=O) groups is 2. The number of hydrogen-bond donors (Lipinski definition) is 2. The number of benzene rings is 2. The number of carbonyl (C=O) groups excluding carboxylic acids is 2. The Morgan fingerprint density at radius 3 is 2.46 bits per heavy atom. The highest BCUT2D eigenvalue weighted by atomic mass is 16.5. The monoisotopic (exact) mass is 382 g/mol. The van der Waals surface area contributed by atoms with Crippen LogP contribution in [0.3, 0.4) is 0 Å². The summed E-state index contributed by atoms with van der Waals surface area (Å²) in [5.74, 6) is 0.519. The second-order valence-electron chi connectivity index (χ2n) is 6.23. The Bertz CT molecular complexity index is 829. The Balaban J connectivity index is 1.96. The molecule has 6 heteroatoms. The van der Waals surface area contributed by atoms with E-state index in [1.54, 1.807) is 37.5 Å². The van der Waals surface area contributed by atoms with Crippen LogP contribution in [0.4, 0.5) is 5.69 Å². The van der Waals surface area contributed by atoms with E-state index in [0.717, 1.165) is 24.8 Å². The molecule has 0 heterocycles. The van der Waals surface area contributed by atoms with Gasteiger partial charge in [0.2, 0.25) is 11.8 Å². The fourth-order valence-electron chi connectivity index (χ4n) is 2.51. The molecule has 0 aliphatic heterocycles. The summed E-state index contributed by atoms with van der Waals surface area (Å²) in [5.41, 5.74) is 6.98. The van der Waals surface area contributed by atoms with E-state index in [1.807, 2.05) is 18.2 Å². The van der Waals surface area contributed by atoms with Gasteiger partial charge in [0.1, 0.15) is 0 Å². The van der Waals surface area contributed by atoms with Crippen LogP contribution in [-0.4, -0.2) is 25.5 Å². The van der Waals surface area contributed by atoms with Crippen molar-refractivity contribution in [1.29, 1.82) is 0 Å². The molecule has 2 amide bonds. The second kappa shape index (κ2) is 10.8. The van der Waals surface area contributed by atoms with Gasteiger partial charge in [-0.1, -0.05) is 25.8 Å². The van der Waals surface area contributed by atoms with E-state index < -0.39 is 5.91 Å². The number of nitrogens with two attached hydrogens (primary N) is 1. The molecule has 0 saturated carbocycles. The minimum Gasteiger partial charge on any atom is -0.493 e. The summed E-state index contributed by atoms with van der Waals surface area (Å²) in [4.78, 5) is 23.1. The van der Waals surface area contributed by atoms with Gasteiger partial charge >= 0.3 is 0 Å². The van der Waals surface area contributed by atoms with E-state index in [2.05, 4.69) is 12.2 Å². The third kappa shape index (κ3) is 6.46. The van der Waals surface area contributed by atoms with Gasteiger partial charge in [-0.2, -0.15) is 0 Å². The Morgan fingerprint density at radius 2 is 1.82 bits per heavy atom. The molecule has 0 aromatic heterocycles. The van der Waals surface area contributed by atoms with Gasteiger partial charge in [-0.3, -0.25) is 9.59 Å². The summed E-state index contributed by atoms with van der Waals surface area (Å²) >= 11 is 0. The lowest BCUT2D eigenvalue weighted by molar-refractivity contribution is -0.111. The van der Waals surface area contributed by atoms with Crippen molar-refractivity contribution in [2.24, 2.45) is 5.73 Å². The van der Waals surface area contributed by atoms with Crippen LogP contribution in [0.25, 0.3) is 6.08 Å². The summed E-state index contributed by atoms with van der Waals surface area (Å²) in [5, 5.41) is 2.72. The largest absolute Gasteiger partial charge is 0.493 e. The molecule has 148 valence electrons. The number of unbranched alkanes of at least 4 members (excludes halogenated alkanes) is 2. The van der Waals surface area contributed by atoms with Crippen molar-refractivity contribution in [2.75, 3.05) is 19.0 Å². The number of rotatable bonds is 10. The molecule has 6 nitrogen and oxygen atoms in total. The van der Waals surface area contributed by atoms with Crippen LogP contribution >= 0.6 is 0 Å². The molecule has 2 aromatic rings. The predicted octanol–water partition coefficient (Wildman–Crippen LogP) is 4.02. The van der Waals surface area contributed by atoms with E-state index in [1.165, 1.54) is 6.08 Å². The molecule has 0 aliphatic rings. The highest BCUT2D eigenvalue weighted by Crippen LogP contribution is 2.28. The number of primary amides is 1. The van der Waals surface area contributed by atoms with Crippen LogP contribution in [0.2, 0.25) is 0 Å². The first-order valence-corrected chi connectivity index (χ1v) is 9.23. The molecule has 0 aliphatic carbocycles. The second-order valence-corrected chi connectivity index (χ2v) is 6.23. The number of anilines is 1. The van der Waals surface area contributed by atoms with Gasteiger partial charge < -0.3 is 20.5 Å². The lowest BCUT2D eigenvalue weighted by Crippen LogP contribution is -2.11. The summed E-state index contributed by atoms with van der Waals surface area (Å²) < 4.78 is 11.1. The fourth-order valence-corrected chi connectivity index (χ4v) is 2.51. The normalized spacial score (nSPS) is 10.6. The Morgan fingerprint density at radius 1 is 1.07 bits per heavy atom. The van der Waals surface area contributed by atoms with Crippen molar-refractivity contribution in [1.82, 2.24) is 0 Å². The SMILES string of the molecule is CCCCCOc1ccc(C=CC(=O)Nc2ccc(C(N)=O)cc2)cc1OC. The Labute approximate surface area is 165 Å². The summed E-state index contributed by atoms with van der Waals surface area (Å²) in [6.45, 7) is 2.80. The molecule has 0 bridgehead atoms. The third-order valence-electron chi connectivity index (χ3n) is 4.06. The van der Waals surface area contributed by atoms with Crippen LogP contribution in [0.15, 0.2) is 48.5 Å². The van der Waals surface area contributed by atoms with Crippen LogP contribution in [0.5, 0.6) is 11.5 Å². The van der Waals surface area contributed by atoms with Crippen molar-refractivity contribution in [3.8, 4) is 11.5 Å². The highest BCUT2D eigenvalue weighted by Gasteiger charge is 2.06. The first-order valence-electron chi connectivity index (χ1n) is 9.23. The molecule has 0 spiro atoms. The molecule has 0 unspecified atom stereocenters. The minimum atomic E-state index is -0.510. The molecular weight excluding hydrogens is 356 g/mol. The molecule has 2 rings (SSSR count).